The second-order valence-corrected chi connectivity index (χ2v) is 9.68. The van der Waals surface area contributed by atoms with Gasteiger partial charge in [-0.25, -0.2) is 0 Å². The van der Waals surface area contributed by atoms with Gasteiger partial charge in [-0.15, -0.1) is 0 Å². The van der Waals surface area contributed by atoms with Crippen molar-refractivity contribution in [1.82, 2.24) is 4.98 Å². The maximum Gasteiger partial charge on any atom is 0.138 e. The van der Waals surface area contributed by atoms with Gasteiger partial charge in [0.2, 0.25) is 0 Å². The molecule has 0 radical (unpaired) electrons. The van der Waals surface area contributed by atoms with Crippen LogP contribution in [0.25, 0.3) is 5.57 Å². The Labute approximate surface area is 167 Å². The van der Waals surface area contributed by atoms with Gasteiger partial charge in [-0.1, -0.05) is 19.9 Å². The molecule has 4 heteroatoms. The minimum atomic E-state index is 0.132. The molecule has 0 saturated heterocycles. The summed E-state index contributed by atoms with van der Waals surface area (Å²) < 4.78 is 5.65. The van der Waals surface area contributed by atoms with Crippen molar-refractivity contribution < 1.29 is 9.53 Å². The highest BCUT2D eigenvalue weighted by molar-refractivity contribution is 6.07. The van der Waals surface area contributed by atoms with Crippen LogP contribution < -0.4 is 4.74 Å². The molecular formula is C24H30N2O2. The summed E-state index contributed by atoms with van der Waals surface area (Å²) in [5.41, 5.74) is 4.06. The van der Waals surface area contributed by atoms with Crippen LogP contribution in [0.3, 0.4) is 0 Å². The molecular weight excluding hydrogens is 348 g/mol. The number of pyridine rings is 1. The van der Waals surface area contributed by atoms with Crippen molar-refractivity contribution in [2.24, 2.45) is 33.6 Å². The van der Waals surface area contributed by atoms with E-state index in [0.717, 1.165) is 37.1 Å². The Balaban J connectivity index is 1.49. The Morgan fingerprint density at radius 3 is 2.86 bits per heavy atom. The van der Waals surface area contributed by atoms with Crippen molar-refractivity contribution in [3.8, 4) is 5.75 Å². The molecule has 0 N–H and O–H groups in total. The van der Waals surface area contributed by atoms with E-state index in [-0.39, 0.29) is 10.8 Å². The Hall–Kier alpha value is -1.97. The zero-order chi connectivity index (χ0) is 19.5. The molecule has 0 aromatic carbocycles. The molecule has 1 aliphatic heterocycles. The zero-order valence-electron chi connectivity index (χ0n) is 17.2. The highest BCUT2D eigenvalue weighted by atomic mass is 16.5. The maximum absolute atomic E-state index is 12.0. The molecule has 0 spiro atoms. The first-order valence-electron chi connectivity index (χ1n) is 10.7. The Morgan fingerprint density at radius 2 is 2.04 bits per heavy atom. The van der Waals surface area contributed by atoms with Crippen molar-refractivity contribution >= 4 is 17.1 Å². The first-order chi connectivity index (χ1) is 13.5. The standard InChI is InChI=1S/C24H30N2O2/c1-23-10-7-20-16(14-26-22-12-15(27)6-9-24(20,22)2)18(23)4-5-19(23)17-13-25-11-8-21(17)28-3/h5,8,11,13,16,18,20H,4,6-7,9-10,12,14H2,1-3H3/t16-,18-,20-,23-,24+/m0/s1. The molecule has 1 aromatic rings. The predicted octanol–water partition coefficient (Wildman–Crippen LogP) is 4.74. The Morgan fingerprint density at radius 1 is 1.18 bits per heavy atom. The number of allylic oxidation sites excluding steroid dienone is 2. The minimum absolute atomic E-state index is 0.132. The van der Waals surface area contributed by atoms with Crippen molar-refractivity contribution in [2.75, 3.05) is 13.7 Å². The average Bonchev–Trinajstić information content (AvgIpc) is 3.05. The van der Waals surface area contributed by atoms with E-state index in [4.69, 9.17) is 9.73 Å². The minimum Gasteiger partial charge on any atom is -0.496 e. The van der Waals surface area contributed by atoms with Gasteiger partial charge in [0.1, 0.15) is 11.5 Å². The number of hydrogen-bond acceptors (Lipinski definition) is 4. The zero-order valence-corrected chi connectivity index (χ0v) is 17.2. The first kappa shape index (κ1) is 18.1. The summed E-state index contributed by atoms with van der Waals surface area (Å²) in [5, 5.41) is 0. The third kappa shape index (κ3) is 2.39. The van der Waals surface area contributed by atoms with Gasteiger partial charge in [0.25, 0.3) is 0 Å². The number of ether oxygens (including phenoxy) is 1. The predicted molar refractivity (Wildman–Crippen MR) is 110 cm³/mol. The van der Waals surface area contributed by atoms with E-state index < -0.39 is 0 Å². The second kappa shape index (κ2) is 6.27. The fraction of sp³-hybridized carbons (Fsp3) is 0.625. The number of Topliss-reactive ketones (excluding diaryl/α,β-unsaturated/α-hetero) is 1. The van der Waals surface area contributed by atoms with Crippen LogP contribution in [0, 0.1) is 28.6 Å². The molecule has 28 heavy (non-hydrogen) atoms. The van der Waals surface area contributed by atoms with E-state index in [2.05, 4.69) is 24.9 Å². The van der Waals surface area contributed by atoms with Crippen molar-refractivity contribution in [1.29, 1.82) is 0 Å². The van der Waals surface area contributed by atoms with E-state index in [9.17, 15) is 4.79 Å². The molecule has 0 amide bonds. The number of ketones is 1. The van der Waals surface area contributed by atoms with Gasteiger partial charge >= 0.3 is 0 Å². The van der Waals surface area contributed by atoms with Crippen LogP contribution >= 0.6 is 0 Å². The number of carbonyl (C=O) groups is 1. The smallest absolute Gasteiger partial charge is 0.138 e. The van der Waals surface area contributed by atoms with Gasteiger partial charge in [0.15, 0.2) is 0 Å². The highest BCUT2D eigenvalue weighted by Crippen LogP contribution is 2.64. The number of aromatic nitrogens is 1. The molecule has 0 bridgehead atoms. The van der Waals surface area contributed by atoms with Gasteiger partial charge in [-0.05, 0) is 60.5 Å². The molecule has 5 atom stereocenters. The summed E-state index contributed by atoms with van der Waals surface area (Å²) in [7, 11) is 1.74. The van der Waals surface area contributed by atoms with Crippen LogP contribution in [-0.4, -0.2) is 30.1 Å². The van der Waals surface area contributed by atoms with E-state index in [0.29, 0.717) is 30.0 Å². The van der Waals surface area contributed by atoms with Crippen LogP contribution in [0.5, 0.6) is 5.75 Å². The fourth-order valence-electron chi connectivity index (χ4n) is 6.95. The van der Waals surface area contributed by atoms with Crippen LogP contribution in [0.4, 0.5) is 0 Å². The van der Waals surface area contributed by atoms with Gasteiger partial charge < -0.3 is 4.74 Å². The van der Waals surface area contributed by atoms with E-state index in [1.54, 1.807) is 13.3 Å². The molecule has 4 nitrogen and oxygen atoms in total. The van der Waals surface area contributed by atoms with Gasteiger partial charge in [-0.2, -0.15) is 0 Å². The van der Waals surface area contributed by atoms with Gasteiger partial charge in [-0.3, -0.25) is 14.8 Å². The number of nitrogens with zero attached hydrogens (tertiary/aromatic N) is 2. The molecule has 2 heterocycles. The molecule has 0 unspecified atom stereocenters. The number of aliphatic imine (C=N–C) groups is 1. The number of fused-ring (bicyclic) bond motifs is 5. The van der Waals surface area contributed by atoms with Crippen LogP contribution in [0.1, 0.15) is 57.9 Å². The number of methoxy groups -OCH3 is 1. The summed E-state index contributed by atoms with van der Waals surface area (Å²) in [6, 6.07) is 1.97. The lowest BCUT2D eigenvalue weighted by Gasteiger charge is -2.56. The Kier molecular flexibility index (Phi) is 4.05. The molecule has 2 fully saturated rings. The lowest BCUT2D eigenvalue weighted by atomic mass is 9.49. The summed E-state index contributed by atoms with van der Waals surface area (Å²) in [5.74, 6) is 3.19. The quantitative estimate of drug-likeness (QED) is 0.747. The Bertz CT molecular complexity index is 888. The van der Waals surface area contributed by atoms with E-state index in [1.165, 1.54) is 24.1 Å². The van der Waals surface area contributed by atoms with Crippen LogP contribution in [0.15, 0.2) is 29.5 Å². The highest BCUT2D eigenvalue weighted by Gasteiger charge is 2.57. The average molecular weight is 379 g/mol. The summed E-state index contributed by atoms with van der Waals surface area (Å²) in [4.78, 5) is 21.4. The second-order valence-electron chi connectivity index (χ2n) is 9.68. The van der Waals surface area contributed by atoms with Gasteiger partial charge in [0.05, 0.1) is 7.11 Å². The molecule has 1 aromatic heterocycles. The molecule has 4 aliphatic rings. The van der Waals surface area contributed by atoms with Crippen LogP contribution in [-0.2, 0) is 4.79 Å². The van der Waals surface area contributed by atoms with Gasteiger partial charge in [0, 0.05) is 48.5 Å². The largest absolute Gasteiger partial charge is 0.496 e. The third-order valence-electron chi connectivity index (χ3n) is 8.57. The van der Waals surface area contributed by atoms with Crippen molar-refractivity contribution in [3.05, 3.63) is 30.1 Å². The normalized spacial score (nSPS) is 39.4. The molecule has 3 aliphatic carbocycles. The van der Waals surface area contributed by atoms with E-state index in [1.807, 2.05) is 12.3 Å². The van der Waals surface area contributed by atoms with Crippen LogP contribution in [0.2, 0.25) is 0 Å². The summed E-state index contributed by atoms with van der Waals surface area (Å²) >= 11 is 0. The van der Waals surface area contributed by atoms with E-state index >= 15 is 0 Å². The lowest BCUT2D eigenvalue weighted by Crippen LogP contribution is -2.54. The monoisotopic (exact) mass is 378 g/mol. The molecule has 2 saturated carbocycles. The number of carbonyl (C=O) groups excluding carboxylic acids is 1. The molecule has 148 valence electrons. The van der Waals surface area contributed by atoms with Crippen molar-refractivity contribution in [2.45, 2.75) is 52.4 Å². The van der Waals surface area contributed by atoms with Crippen molar-refractivity contribution in [3.63, 3.8) is 0 Å². The topological polar surface area (TPSA) is 51.6 Å². The number of hydrogen-bond donors (Lipinski definition) is 0. The SMILES string of the molecule is COc1ccncc1C1=CC[C@H]2[C@@H]3CN=C4CC(=O)CC[C@]4(C)[C@H]3CC[C@]12C. The summed E-state index contributed by atoms with van der Waals surface area (Å²) in [6.45, 7) is 5.74. The number of rotatable bonds is 2. The lowest BCUT2D eigenvalue weighted by molar-refractivity contribution is -0.120. The first-order valence-corrected chi connectivity index (χ1v) is 10.7. The fourth-order valence-corrected chi connectivity index (χ4v) is 6.95. The maximum atomic E-state index is 12.0. The third-order valence-corrected chi connectivity index (χ3v) is 8.57. The summed E-state index contributed by atoms with van der Waals surface area (Å²) in [6.07, 6.45) is 12.1. The molecule has 5 rings (SSSR count).